The first kappa shape index (κ1) is 13.2. The highest BCUT2D eigenvalue weighted by atomic mass is 19.1. The Morgan fingerprint density at radius 3 is 3.00 bits per heavy atom. The van der Waals surface area contributed by atoms with E-state index in [2.05, 4.69) is 22.4 Å². The fourth-order valence-corrected chi connectivity index (χ4v) is 2.65. The van der Waals surface area contributed by atoms with Crippen molar-refractivity contribution in [1.29, 1.82) is 0 Å². The summed E-state index contributed by atoms with van der Waals surface area (Å²) in [6, 6.07) is 4.61. The summed E-state index contributed by atoms with van der Waals surface area (Å²) in [6.45, 7) is 5.89. The van der Waals surface area contributed by atoms with Crippen LogP contribution in [0.1, 0.15) is 31.2 Å². The minimum atomic E-state index is -0.289. The molecular formula is C15H18FN3O. The molecule has 1 N–H and O–H groups in total. The number of hydrogen-bond acceptors (Lipinski definition) is 4. The monoisotopic (exact) mass is 275 g/mol. The molecule has 5 heteroatoms. The van der Waals surface area contributed by atoms with Crippen molar-refractivity contribution >= 4 is 0 Å². The van der Waals surface area contributed by atoms with Gasteiger partial charge in [0.15, 0.2) is 0 Å². The summed E-state index contributed by atoms with van der Waals surface area (Å²) in [7, 11) is 0. The number of halogens is 1. The average molecular weight is 275 g/mol. The molecule has 1 aromatic carbocycles. The van der Waals surface area contributed by atoms with Crippen molar-refractivity contribution in [2.24, 2.45) is 0 Å². The van der Waals surface area contributed by atoms with E-state index in [-0.39, 0.29) is 11.2 Å². The predicted molar refractivity (Wildman–Crippen MR) is 73.9 cm³/mol. The molecular weight excluding hydrogens is 257 g/mol. The minimum absolute atomic E-state index is 0.134. The Labute approximate surface area is 117 Å². The maximum Gasteiger partial charge on any atom is 0.234 e. The highest BCUT2D eigenvalue weighted by Crippen LogP contribution is 2.31. The second kappa shape index (κ2) is 4.98. The molecule has 1 fully saturated rings. The van der Waals surface area contributed by atoms with Crippen LogP contribution in [0.15, 0.2) is 22.7 Å². The standard InChI is InChI=1S/C15H18FN3O/c1-10-4-5-11(16)8-12(10)13-18-14(20-19-13)15(2)6-3-7-17-9-15/h4-5,8,17H,3,6-7,9H2,1-2H3. The third-order valence-corrected chi connectivity index (χ3v) is 3.98. The lowest BCUT2D eigenvalue weighted by atomic mass is 9.83. The van der Waals surface area contributed by atoms with Crippen molar-refractivity contribution in [1.82, 2.24) is 15.5 Å². The number of rotatable bonds is 2. The Hall–Kier alpha value is -1.75. The molecule has 1 unspecified atom stereocenters. The van der Waals surface area contributed by atoms with Crippen molar-refractivity contribution < 1.29 is 8.91 Å². The zero-order chi connectivity index (χ0) is 14.2. The first-order valence-corrected chi connectivity index (χ1v) is 6.90. The summed E-state index contributed by atoms with van der Waals surface area (Å²) in [5, 5.41) is 7.38. The van der Waals surface area contributed by atoms with E-state index in [0.717, 1.165) is 31.5 Å². The molecule has 4 nitrogen and oxygen atoms in total. The molecule has 20 heavy (non-hydrogen) atoms. The van der Waals surface area contributed by atoms with Crippen LogP contribution in [0.2, 0.25) is 0 Å². The average Bonchev–Trinajstić information content (AvgIpc) is 2.93. The van der Waals surface area contributed by atoms with Crippen molar-refractivity contribution in [3.63, 3.8) is 0 Å². The Morgan fingerprint density at radius 1 is 1.40 bits per heavy atom. The van der Waals surface area contributed by atoms with Gasteiger partial charge in [-0.3, -0.25) is 0 Å². The van der Waals surface area contributed by atoms with E-state index in [9.17, 15) is 4.39 Å². The van der Waals surface area contributed by atoms with Gasteiger partial charge in [-0.2, -0.15) is 4.98 Å². The maximum absolute atomic E-state index is 13.4. The van der Waals surface area contributed by atoms with Crippen LogP contribution in [-0.2, 0) is 5.41 Å². The lowest BCUT2D eigenvalue weighted by Gasteiger charge is -2.30. The van der Waals surface area contributed by atoms with Crippen LogP contribution >= 0.6 is 0 Å². The molecule has 0 aliphatic carbocycles. The van der Waals surface area contributed by atoms with Gasteiger partial charge in [-0.1, -0.05) is 11.2 Å². The summed E-state index contributed by atoms with van der Waals surface area (Å²) < 4.78 is 18.8. The highest BCUT2D eigenvalue weighted by Gasteiger charge is 2.34. The molecule has 2 heterocycles. The van der Waals surface area contributed by atoms with Gasteiger partial charge in [0, 0.05) is 12.1 Å². The molecule has 0 spiro atoms. The van der Waals surface area contributed by atoms with E-state index >= 15 is 0 Å². The molecule has 0 radical (unpaired) electrons. The van der Waals surface area contributed by atoms with Crippen LogP contribution in [0.4, 0.5) is 4.39 Å². The lowest BCUT2D eigenvalue weighted by Crippen LogP contribution is -2.41. The van der Waals surface area contributed by atoms with E-state index in [1.807, 2.05) is 6.92 Å². The van der Waals surface area contributed by atoms with Gasteiger partial charge in [0.1, 0.15) is 5.82 Å². The molecule has 0 bridgehead atoms. The molecule has 1 atom stereocenters. The van der Waals surface area contributed by atoms with Crippen LogP contribution in [0, 0.1) is 12.7 Å². The molecule has 1 aliphatic rings. The molecule has 106 valence electrons. The third-order valence-electron chi connectivity index (χ3n) is 3.98. The van der Waals surface area contributed by atoms with Crippen molar-refractivity contribution in [3.05, 3.63) is 35.5 Å². The zero-order valence-electron chi connectivity index (χ0n) is 11.7. The van der Waals surface area contributed by atoms with Gasteiger partial charge in [-0.25, -0.2) is 4.39 Å². The quantitative estimate of drug-likeness (QED) is 0.915. The number of piperidine rings is 1. The number of aromatic nitrogens is 2. The Bertz CT molecular complexity index is 617. The van der Waals surface area contributed by atoms with E-state index in [1.165, 1.54) is 12.1 Å². The van der Waals surface area contributed by atoms with Gasteiger partial charge in [0.2, 0.25) is 11.7 Å². The summed E-state index contributed by atoms with van der Waals surface area (Å²) in [5.74, 6) is 0.801. The maximum atomic E-state index is 13.4. The molecule has 0 saturated carbocycles. The van der Waals surface area contributed by atoms with E-state index in [1.54, 1.807) is 6.07 Å². The fourth-order valence-electron chi connectivity index (χ4n) is 2.65. The van der Waals surface area contributed by atoms with Gasteiger partial charge in [0.05, 0.1) is 5.41 Å². The van der Waals surface area contributed by atoms with Gasteiger partial charge in [-0.05, 0) is 50.9 Å². The van der Waals surface area contributed by atoms with E-state index in [4.69, 9.17) is 4.52 Å². The predicted octanol–water partition coefficient (Wildman–Crippen LogP) is 2.83. The fraction of sp³-hybridized carbons (Fsp3) is 0.467. The molecule has 3 rings (SSSR count). The summed E-state index contributed by atoms with van der Waals surface area (Å²) in [6.07, 6.45) is 2.11. The number of benzene rings is 1. The summed E-state index contributed by atoms with van der Waals surface area (Å²) in [5.41, 5.74) is 1.49. The lowest BCUT2D eigenvalue weighted by molar-refractivity contribution is 0.245. The molecule has 1 aliphatic heterocycles. The van der Waals surface area contributed by atoms with Crippen LogP contribution in [0.3, 0.4) is 0 Å². The van der Waals surface area contributed by atoms with Crippen LogP contribution in [-0.4, -0.2) is 23.2 Å². The number of hydrogen-bond donors (Lipinski definition) is 1. The van der Waals surface area contributed by atoms with Crippen LogP contribution in [0.5, 0.6) is 0 Å². The molecule has 1 aromatic heterocycles. The smallest absolute Gasteiger partial charge is 0.234 e. The van der Waals surface area contributed by atoms with Crippen molar-refractivity contribution in [3.8, 4) is 11.4 Å². The van der Waals surface area contributed by atoms with Crippen molar-refractivity contribution in [2.45, 2.75) is 32.1 Å². The first-order chi connectivity index (χ1) is 9.58. The van der Waals surface area contributed by atoms with Gasteiger partial charge < -0.3 is 9.84 Å². The summed E-state index contributed by atoms with van der Waals surface area (Å²) in [4.78, 5) is 4.49. The SMILES string of the molecule is Cc1ccc(F)cc1-c1noc(C2(C)CCCNC2)n1. The minimum Gasteiger partial charge on any atom is -0.338 e. The van der Waals surface area contributed by atoms with Gasteiger partial charge in [-0.15, -0.1) is 0 Å². The summed E-state index contributed by atoms with van der Waals surface area (Å²) >= 11 is 0. The van der Waals surface area contributed by atoms with E-state index < -0.39 is 0 Å². The van der Waals surface area contributed by atoms with Crippen LogP contribution in [0.25, 0.3) is 11.4 Å². The first-order valence-electron chi connectivity index (χ1n) is 6.90. The van der Waals surface area contributed by atoms with E-state index in [0.29, 0.717) is 17.3 Å². The zero-order valence-corrected chi connectivity index (χ0v) is 11.7. The second-order valence-corrected chi connectivity index (χ2v) is 5.72. The Kier molecular flexibility index (Phi) is 3.30. The number of nitrogens with zero attached hydrogens (tertiary/aromatic N) is 2. The second-order valence-electron chi connectivity index (χ2n) is 5.72. The third kappa shape index (κ3) is 2.33. The number of nitrogens with one attached hydrogen (secondary N) is 1. The van der Waals surface area contributed by atoms with Gasteiger partial charge >= 0.3 is 0 Å². The molecule has 2 aromatic rings. The Morgan fingerprint density at radius 2 is 2.25 bits per heavy atom. The Balaban J connectivity index is 1.95. The molecule has 1 saturated heterocycles. The number of aryl methyl sites for hydroxylation is 1. The van der Waals surface area contributed by atoms with Crippen LogP contribution < -0.4 is 5.32 Å². The van der Waals surface area contributed by atoms with Gasteiger partial charge in [0.25, 0.3) is 0 Å². The largest absolute Gasteiger partial charge is 0.338 e. The topological polar surface area (TPSA) is 51.0 Å². The molecule has 0 amide bonds. The van der Waals surface area contributed by atoms with Crippen molar-refractivity contribution in [2.75, 3.05) is 13.1 Å². The highest BCUT2D eigenvalue weighted by molar-refractivity contribution is 5.59. The normalized spacial score (nSPS) is 22.9.